The van der Waals surface area contributed by atoms with Gasteiger partial charge in [-0.1, -0.05) is 46.5 Å². The van der Waals surface area contributed by atoms with Gasteiger partial charge in [-0.05, 0) is 51.3 Å². The van der Waals surface area contributed by atoms with Crippen LogP contribution in [-0.4, -0.2) is 30.9 Å². The molecule has 2 aromatic carbocycles. The number of carbonyl (C=O) groups is 1. The molecule has 0 saturated heterocycles. The summed E-state index contributed by atoms with van der Waals surface area (Å²) in [4.78, 5) is 19.0. The van der Waals surface area contributed by atoms with Gasteiger partial charge in [-0.25, -0.2) is 9.48 Å². The van der Waals surface area contributed by atoms with Crippen LogP contribution in [0.3, 0.4) is 0 Å². The Labute approximate surface area is 185 Å². The highest BCUT2D eigenvalue weighted by molar-refractivity contribution is 5.93. The number of nitrogens with zero attached hydrogens (tertiary/aromatic N) is 5. The van der Waals surface area contributed by atoms with Crippen LogP contribution in [0.4, 0.5) is 5.82 Å². The molecule has 2 aromatic heterocycles. The highest BCUT2D eigenvalue weighted by Crippen LogP contribution is 2.44. The van der Waals surface area contributed by atoms with Gasteiger partial charge in [0.05, 0.1) is 17.7 Å². The largest absolute Gasteiger partial charge is 0.382 e. The van der Waals surface area contributed by atoms with Crippen LogP contribution in [0.5, 0.6) is 0 Å². The molecule has 0 radical (unpaired) electrons. The molecule has 1 fully saturated rings. The fraction of sp³-hybridized carbons (Fsp3) is 0.333. The van der Waals surface area contributed by atoms with E-state index in [1.54, 1.807) is 20.8 Å². The number of nitrogens with two attached hydrogens (primary N) is 1. The Morgan fingerprint density at radius 1 is 1.16 bits per heavy atom. The van der Waals surface area contributed by atoms with E-state index in [9.17, 15) is 4.79 Å². The first-order valence-electron chi connectivity index (χ1n) is 10.8. The number of benzene rings is 2. The molecule has 0 atom stereocenters. The van der Waals surface area contributed by atoms with E-state index in [1.807, 2.05) is 41.1 Å². The Morgan fingerprint density at radius 2 is 1.91 bits per heavy atom. The molecule has 1 aliphatic rings. The van der Waals surface area contributed by atoms with Crippen molar-refractivity contribution in [3.05, 3.63) is 59.8 Å². The van der Waals surface area contributed by atoms with E-state index in [0.717, 1.165) is 29.8 Å². The molecule has 2 heterocycles. The minimum absolute atomic E-state index is 0.299. The molecule has 8 heteroatoms. The Morgan fingerprint density at radius 3 is 2.59 bits per heavy atom. The van der Waals surface area contributed by atoms with Crippen LogP contribution in [0, 0.1) is 5.41 Å². The van der Waals surface area contributed by atoms with Gasteiger partial charge in [0.2, 0.25) is 0 Å². The zero-order valence-electron chi connectivity index (χ0n) is 18.4. The molecule has 0 bridgehead atoms. The first kappa shape index (κ1) is 20.2. The number of nitrogen functional groups attached to an aromatic ring is 1. The molecule has 2 N–H and O–H groups in total. The molecule has 0 unspecified atom stereocenters. The summed E-state index contributed by atoms with van der Waals surface area (Å²) in [7, 11) is 0. The van der Waals surface area contributed by atoms with Crippen LogP contribution in [-0.2, 0) is 11.3 Å². The predicted molar refractivity (Wildman–Crippen MR) is 122 cm³/mol. The third kappa shape index (κ3) is 3.72. The highest BCUT2D eigenvalue weighted by Gasteiger charge is 2.32. The third-order valence-corrected chi connectivity index (χ3v) is 5.64. The van der Waals surface area contributed by atoms with E-state index < -0.39 is 5.41 Å². The summed E-state index contributed by atoms with van der Waals surface area (Å²) in [5, 5.41) is 13.9. The van der Waals surface area contributed by atoms with Gasteiger partial charge < -0.3 is 10.6 Å². The summed E-state index contributed by atoms with van der Waals surface area (Å²) >= 11 is 0. The average Bonchev–Trinajstić information content (AvgIpc) is 3.45. The number of rotatable bonds is 5. The van der Waals surface area contributed by atoms with Crippen molar-refractivity contribution in [1.82, 2.24) is 24.9 Å². The maximum atomic E-state index is 12.3. The number of anilines is 1. The molecular weight excluding hydrogens is 404 g/mol. The molecule has 32 heavy (non-hydrogen) atoms. The summed E-state index contributed by atoms with van der Waals surface area (Å²) in [5.74, 6) is 0.381. The van der Waals surface area contributed by atoms with Crippen molar-refractivity contribution in [3.63, 3.8) is 0 Å². The lowest BCUT2D eigenvalue weighted by Crippen LogP contribution is -2.31. The van der Waals surface area contributed by atoms with Crippen LogP contribution in [0.15, 0.2) is 48.5 Å². The minimum atomic E-state index is -0.649. The van der Waals surface area contributed by atoms with Gasteiger partial charge in [0.1, 0.15) is 11.2 Å². The van der Waals surface area contributed by atoms with Crippen LogP contribution in [0.1, 0.15) is 50.8 Å². The van der Waals surface area contributed by atoms with Crippen molar-refractivity contribution in [2.75, 3.05) is 5.73 Å². The van der Waals surface area contributed by atoms with Crippen molar-refractivity contribution in [2.45, 2.75) is 46.1 Å². The van der Waals surface area contributed by atoms with E-state index in [1.165, 1.54) is 10.4 Å². The number of fused-ring (bicyclic) bond motifs is 1. The lowest BCUT2D eigenvalue weighted by Gasteiger charge is -2.15. The van der Waals surface area contributed by atoms with Crippen LogP contribution >= 0.6 is 0 Å². The first-order valence-corrected chi connectivity index (χ1v) is 10.8. The molecule has 8 nitrogen and oxygen atoms in total. The van der Waals surface area contributed by atoms with Crippen LogP contribution < -0.4 is 10.6 Å². The standard InChI is InChI=1S/C24H26N6O2/c1-24(2,3)23(31)32-30-19-12-11-17(13-18(19)22(25)27-30)20-21(16-9-10-16)29(28-26-20)14-15-7-5-4-6-8-15/h4-8,11-13,16H,9-10,14H2,1-3H3,(H2,25,27). The van der Waals surface area contributed by atoms with Gasteiger partial charge in [0, 0.05) is 16.9 Å². The van der Waals surface area contributed by atoms with Crippen LogP contribution in [0.25, 0.3) is 22.2 Å². The Kier molecular flexibility index (Phi) is 4.73. The molecule has 1 saturated carbocycles. The summed E-state index contributed by atoms with van der Waals surface area (Å²) in [6.45, 7) is 6.06. The predicted octanol–water partition coefficient (Wildman–Crippen LogP) is 3.80. The van der Waals surface area contributed by atoms with Gasteiger partial charge in [-0.2, -0.15) is 0 Å². The van der Waals surface area contributed by atoms with Gasteiger partial charge >= 0.3 is 5.97 Å². The second-order valence-electron chi connectivity index (χ2n) is 9.36. The Balaban J connectivity index is 1.52. The maximum absolute atomic E-state index is 12.3. The van der Waals surface area contributed by atoms with Crippen molar-refractivity contribution >= 4 is 22.7 Å². The molecule has 0 amide bonds. The van der Waals surface area contributed by atoms with Crippen molar-refractivity contribution in [1.29, 1.82) is 0 Å². The number of carbonyl (C=O) groups excluding carboxylic acids is 1. The minimum Gasteiger partial charge on any atom is -0.382 e. The van der Waals surface area contributed by atoms with Crippen molar-refractivity contribution in [2.24, 2.45) is 5.41 Å². The maximum Gasteiger partial charge on any atom is 0.340 e. The SMILES string of the molecule is CC(C)(C)C(=O)On1nc(N)c2cc(-c3nnn(Cc4ccccc4)c3C3CC3)ccc21. The third-order valence-electron chi connectivity index (χ3n) is 5.64. The van der Waals surface area contributed by atoms with E-state index in [0.29, 0.717) is 29.2 Å². The number of hydrogen-bond donors (Lipinski definition) is 1. The first-order chi connectivity index (χ1) is 15.3. The quantitative estimate of drug-likeness (QED) is 0.517. The molecule has 4 aromatic rings. The fourth-order valence-electron chi connectivity index (χ4n) is 3.71. The normalized spacial score (nSPS) is 14.1. The van der Waals surface area contributed by atoms with Gasteiger partial charge in [0.25, 0.3) is 0 Å². The van der Waals surface area contributed by atoms with Crippen molar-refractivity contribution < 1.29 is 9.63 Å². The molecule has 0 aliphatic heterocycles. The number of hydrogen-bond acceptors (Lipinski definition) is 6. The summed E-state index contributed by atoms with van der Waals surface area (Å²) in [5.41, 5.74) is 10.3. The van der Waals surface area contributed by atoms with Gasteiger partial charge in [0.15, 0.2) is 5.82 Å². The van der Waals surface area contributed by atoms with Crippen molar-refractivity contribution in [3.8, 4) is 11.3 Å². The zero-order chi connectivity index (χ0) is 22.5. The Hall–Kier alpha value is -3.68. The lowest BCUT2D eigenvalue weighted by molar-refractivity contribution is -0.154. The fourth-order valence-corrected chi connectivity index (χ4v) is 3.71. The molecule has 0 spiro atoms. The van der Waals surface area contributed by atoms with E-state index in [2.05, 4.69) is 27.5 Å². The summed E-state index contributed by atoms with van der Waals surface area (Å²) in [6, 6.07) is 16.0. The lowest BCUT2D eigenvalue weighted by atomic mass is 9.98. The monoisotopic (exact) mass is 430 g/mol. The molecular formula is C24H26N6O2. The average molecular weight is 431 g/mol. The second-order valence-corrected chi connectivity index (χ2v) is 9.36. The van der Waals surface area contributed by atoms with Gasteiger partial charge in [-0.15, -0.1) is 10.2 Å². The zero-order valence-corrected chi connectivity index (χ0v) is 18.4. The molecule has 5 rings (SSSR count). The van der Waals surface area contributed by atoms with E-state index in [4.69, 9.17) is 10.6 Å². The summed E-state index contributed by atoms with van der Waals surface area (Å²) < 4.78 is 2.00. The number of aromatic nitrogens is 5. The van der Waals surface area contributed by atoms with Crippen LogP contribution in [0.2, 0.25) is 0 Å². The molecule has 164 valence electrons. The van der Waals surface area contributed by atoms with E-state index in [-0.39, 0.29) is 5.97 Å². The highest BCUT2D eigenvalue weighted by atomic mass is 16.7. The second kappa shape index (κ2) is 7.47. The molecule has 1 aliphatic carbocycles. The topological polar surface area (TPSA) is 101 Å². The van der Waals surface area contributed by atoms with Gasteiger partial charge in [-0.3, -0.25) is 0 Å². The Bertz CT molecular complexity index is 1300. The summed E-state index contributed by atoms with van der Waals surface area (Å²) in [6.07, 6.45) is 2.28. The van der Waals surface area contributed by atoms with E-state index >= 15 is 0 Å². The smallest absolute Gasteiger partial charge is 0.340 e.